The van der Waals surface area contributed by atoms with Crippen LogP contribution in [-0.4, -0.2) is 23.8 Å². The van der Waals surface area contributed by atoms with Crippen LogP contribution in [0.1, 0.15) is 10.4 Å². The lowest BCUT2D eigenvalue weighted by Crippen LogP contribution is -2.14. The van der Waals surface area contributed by atoms with E-state index in [1.54, 1.807) is 24.3 Å². The molecule has 0 saturated carbocycles. The molecule has 1 aromatic carbocycles. The van der Waals surface area contributed by atoms with Crippen LogP contribution in [0, 0.1) is 0 Å². The highest BCUT2D eigenvalue weighted by molar-refractivity contribution is 7.98. The van der Waals surface area contributed by atoms with Crippen molar-refractivity contribution >= 4 is 23.4 Å². The highest BCUT2D eigenvalue weighted by atomic mass is 32.2. The van der Waals surface area contributed by atoms with Gasteiger partial charge in [-0.15, -0.1) is 11.8 Å². The molecular weight excluding hydrogens is 298 g/mol. The van der Waals surface area contributed by atoms with Gasteiger partial charge in [-0.1, -0.05) is 12.1 Å². The number of amides is 1. The Hall–Kier alpha value is -2.15. The van der Waals surface area contributed by atoms with E-state index >= 15 is 0 Å². The summed E-state index contributed by atoms with van der Waals surface area (Å²) in [6.45, 7) is -2.95. The highest BCUT2D eigenvalue weighted by Crippen LogP contribution is 2.26. The summed E-state index contributed by atoms with van der Waals surface area (Å²) >= 11 is 1.40. The van der Waals surface area contributed by atoms with Crippen molar-refractivity contribution in [2.45, 2.75) is 11.6 Å². The quantitative estimate of drug-likeness (QED) is 0.856. The summed E-state index contributed by atoms with van der Waals surface area (Å²) in [7, 11) is 0. The SMILES string of the molecule is CSc1cc(C(=O)Nc2ccccc2OC(F)F)ccn1. The van der Waals surface area contributed by atoms with Gasteiger partial charge in [0.15, 0.2) is 0 Å². The number of nitrogens with one attached hydrogen (secondary N) is 1. The summed E-state index contributed by atoms with van der Waals surface area (Å²) in [4.78, 5) is 16.2. The van der Waals surface area contributed by atoms with E-state index in [1.807, 2.05) is 6.26 Å². The maximum absolute atomic E-state index is 12.3. The molecular formula is C14H12F2N2O2S. The van der Waals surface area contributed by atoms with Crippen LogP contribution in [0.4, 0.5) is 14.5 Å². The average Bonchev–Trinajstić information content (AvgIpc) is 2.48. The molecule has 0 radical (unpaired) electrons. The number of alkyl halides is 2. The van der Waals surface area contributed by atoms with Crippen LogP contribution >= 0.6 is 11.8 Å². The lowest BCUT2D eigenvalue weighted by molar-refractivity contribution is -0.0493. The molecule has 21 heavy (non-hydrogen) atoms. The van der Waals surface area contributed by atoms with Crippen molar-refractivity contribution in [3.8, 4) is 5.75 Å². The fourth-order valence-electron chi connectivity index (χ4n) is 1.63. The number of rotatable bonds is 5. The number of hydrogen-bond donors (Lipinski definition) is 1. The molecule has 0 aliphatic heterocycles. The van der Waals surface area contributed by atoms with Gasteiger partial charge in [-0.3, -0.25) is 4.79 Å². The third-order valence-electron chi connectivity index (χ3n) is 2.56. The Kier molecular flexibility index (Phi) is 5.10. The van der Waals surface area contributed by atoms with Crippen molar-refractivity contribution in [2.24, 2.45) is 0 Å². The summed E-state index contributed by atoms with van der Waals surface area (Å²) in [6.07, 6.45) is 3.36. The average molecular weight is 310 g/mol. The number of hydrogen-bond acceptors (Lipinski definition) is 4. The van der Waals surface area contributed by atoms with Gasteiger partial charge in [-0.2, -0.15) is 8.78 Å². The standard InChI is InChI=1S/C14H12F2N2O2S/c1-21-12-8-9(6-7-17-12)13(19)18-10-4-2-3-5-11(10)20-14(15)16/h2-8,14H,1H3,(H,18,19). The van der Waals surface area contributed by atoms with Crippen molar-refractivity contribution in [2.75, 3.05) is 11.6 Å². The van der Waals surface area contributed by atoms with E-state index in [4.69, 9.17) is 0 Å². The van der Waals surface area contributed by atoms with Gasteiger partial charge in [-0.05, 0) is 30.5 Å². The largest absolute Gasteiger partial charge is 0.433 e. The number of carbonyl (C=O) groups is 1. The number of anilines is 1. The van der Waals surface area contributed by atoms with Crippen molar-refractivity contribution in [1.29, 1.82) is 0 Å². The number of halogens is 2. The molecule has 110 valence electrons. The fourth-order valence-corrected chi connectivity index (χ4v) is 2.04. The van der Waals surface area contributed by atoms with E-state index in [0.29, 0.717) is 10.6 Å². The third kappa shape index (κ3) is 4.16. The van der Waals surface area contributed by atoms with Gasteiger partial charge < -0.3 is 10.1 Å². The Labute approximate surface area is 124 Å². The topological polar surface area (TPSA) is 51.2 Å². The molecule has 4 nitrogen and oxygen atoms in total. The maximum Gasteiger partial charge on any atom is 0.387 e. The number of benzene rings is 1. The van der Waals surface area contributed by atoms with E-state index in [9.17, 15) is 13.6 Å². The first-order valence-electron chi connectivity index (χ1n) is 5.95. The molecule has 0 spiro atoms. The highest BCUT2D eigenvalue weighted by Gasteiger charge is 2.13. The van der Waals surface area contributed by atoms with Crippen LogP contribution in [0.25, 0.3) is 0 Å². The van der Waals surface area contributed by atoms with Crippen LogP contribution < -0.4 is 10.1 Å². The molecule has 0 saturated heterocycles. The minimum absolute atomic E-state index is 0.0833. The molecule has 1 aromatic heterocycles. The van der Waals surface area contributed by atoms with Crippen LogP contribution in [0.3, 0.4) is 0 Å². The van der Waals surface area contributed by atoms with Gasteiger partial charge in [0.1, 0.15) is 5.75 Å². The summed E-state index contributed by atoms with van der Waals surface area (Å²) in [5.41, 5.74) is 0.575. The zero-order valence-corrected chi connectivity index (χ0v) is 11.9. The van der Waals surface area contributed by atoms with E-state index in [1.165, 1.54) is 30.1 Å². The minimum Gasteiger partial charge on any atom is -0.433 e. The van der Waals surface area contributed by atoms with Gasteiger partial charge in [0, 0.05) is 11.8 Å². The van der Waals surface area contributed by atoms with Crippen molar-refractivity contribution in [3.05, 3.63) is 48.2 Å². The normalized spacial score (nSPS) is 10.5. The molecule has 0 unspecified atom stereocenters. The second-order valence-electron chi connectivity index (χ2n) is 3.92. The first-order chi connectivity index (χ1) is 10.1. The molecule has 0 aliphatic rings. The van der Waals surface area contributed by atoms with Crippen LogP contribution in [0.15, 0.2) is 47.6 Å². The Morgan fingerprint density at radius 2 is 2.10 bits per heavy atom. The lowest BCUT2D eigenvalue weighted by Gasteiger charge is -2.11. The Balaban J connectivity index is 2.19. The Morgan fingerprint density at radius 1 is 1.33 bits per heavy atom. The van der Waals surface area contributed by atoms with Gasteiger partial charge >= 0.3 is 6.61 Å². The molecule has 1 heterocycles. The maximum atomic E-state index is 12.3. The summed E-state index contributed by atoms with van der Waals surface area (Å²) in [6, 6.07) is 9.19. The Bertz CT molecular complexity index is 638. The molecule has 0 aliphatic carbocycles. The number of para-hydroxylation sites is 2. The van der Waals surface area contributed by atoms with Gasteiger partial charge in [0.25, 0.3) is 5.91 Å². The Morgan fingerprint density at radius 3 is 2.81 bits per heavy atom. The molecule has 0 atom stereocenters. The molecule has 2 aromatic rings. The van der Waals surface area contributed by atoms with E-state index in [2.05, 4.69) is 15.0 Å². The number of thioether (sulfide) groups is 1. The fraction of sp³-hybridized carbons (Fsp3) is 0.143. The monoisotopic (exact) mass is 310 g/mol. The molecule has 0 fully saturated rings. The first-order valence-corrected chi connectivity index (χ1v) is 7.18. The summed E-state index contributed by atoms with van der Waals surface area (Å²) < 4.78 is 29.0. The smallest absolute Gasteiger partial charge is 0.387 e. The zero-order valence-electron chi connectivity index (χ0n) is 11.0. The lowest BCUT2D eigenvalue weighted by atomic mass is 10.2. The zero-order chi connectivity index (χ0) is 15.2. The predicted octanol–water partition coefficient (Wildman–Crippen LogP) is 3.66. The first kappa shape index (κ1) is 15.2. The minimum atomic E-state index is -2.95. The third-order valence-corrected chi connectivity index (χ3v) is 3.20. The molecule has 7 heteroatoms. The second-order valence-corrected chi connectivity index (χ2v) is 4.74. The van der Waals surface area contributed by atoms with E-state index < -0.39 is 12.5 Å². The number of carbonyl (C=O) groups excluding carboxylic acids is 1. The molecule has 1 N–H and O–H groups in total. The van der Waals surface area contributed by atoms with Crippen molar-refractivity contribution in [3.63, 3.8) is 0 Å². The summed E-state index contributed by atoms with van der Waals surface area (Å²) in [5, 5.41) is 3.24. The van der Waals surface area contributed by atoms with Gasteiger partial charge in [-0.25, -0.2) is 4.98 Å². The van der Waals surface area contributed by atoms with Crippen LogP contribution in [-0.2, 0) is 0 Å². The van der Waals surface area contributed by atoms with Crippen molar-refractivity contribution < 1.29 is 18.3 Å². The van der Waals surface area contributed by atoms with E-state index in [0.717, 1.165) is 0 Å². The number of ether oxygens (including phenoxy) is 1. The number of pyridine rings is 1. The van der Waals surface area contributed by atoms with Crippen LogP contribution in [0.2, 0.25) is 0 Å². The molecule has 2 rings (SSSR count). The van der Waals surface area contributed by atoms with Crippen LogP contribution in [0.5, 0.6) is 5.75 Å². The molecule has 1 amide bonds. The number of aromatic nitrogens is 1. The van der Waals surface area contributed by atoms with Crippen molar-refractivity contribution in [1.82, 2.24) is 4.98 Å². The van der Waals surface area contributed by atoms with E-state index in [-0.39, 0.29) is 11.4 Å². The number of nitrogens with zero attached hydrogens (tertiary/aromatic N) is 1. The van der Waals surface area contributed by atoms with Gasteiger partial charge in [0.05, 0.1) is 10.7 Å². The molecule has 0 bridgehead atoms. The summed E-state index contributed by atoms with van der Waals surface area (Å²) in [5.74, 6) is -0.502. The predicted molar refractivity (Wildman–Crippen MR) is 77.0 cm³/mol. The van der Waals surface area contributed by atoms with Gasteiger partial charge in [0.2, 0.25) is 0 Å². The second kappa shape index (κ2) is 7.03.